The first-order chi connectivity index (χ1) is 7.60. The summed E-state index contributed by atoms with van der Waals surface area (Å²) in [6.45, 7) is 0. The van der Waals surface area contributed by atoms with Gasteiger partial charge in [0, 0.05) is 5.56 Å². The molecule has 0 aromatic heterocycles. The van der Waals surface area contributed by atoms with E-state index < -0.39 is 17.9 Å². The van der Waals surface area contributed by atoms with Crippen LogP contribution in [-0.2, 0) is 9.53 Å². The Bertz CT molecular complexity index is 378. The molecule has 88 valence electrons. The molecule has 0 radical (unpaired) electrons. The number of carbonyl (C=O) groups excluding carboxylic acids is 1. The molecule has 1 atom stereocenters. The number of para-hydroxylation sites is 1. The number of carbonyl (C=O) groups is 1. The van der Waals surface area contributed by atoms with Crippen LogP contribution in [0, 0.1) is 5.82 Å². The van der Waals surface area contributed by atoms with Gasteiger partial charge < -0.3 is 14.6 Å². The number of rotatable bonds is 4. The van der Waals surface area contributed by atoms with Crippen LogP contribution >= 0.6 is 0 Å². The van der Waals surface area contributed by atoms with Crippen LogP contribution in [0.1, 0.15) is 18.1 Å². The lowest BCUT2D eigenvalue weighted by Gasteiger charge is -2.14. The third-order valence-corrected chi connectivity index (χ3v) is 2.15. The lowest BCUT2D eigenvalue weighted by molar-refractivity contribution is -0.142. The van der Waals surface area contributed by atoms with Gasteiger partial charge in [0.2, 0.25) is 0 Å². The molecule has 0 aliphatic carbocycles. The summed E-state index contributed by atoms with van der Waals surface area (Å²) in [5, 5.41) is 9.71. The summed E-state index contributed by atoms with van der Waals surface area (Å²) in [5.74, 6) is -1.21. The second-order valence-corrected chi connectivity index (χ2v) is 3.16. The summed E-state index contributed by atoms with van der Waals surface area (Å²) in [4.78, 5) is 11.0. The minimum atomic E-state index is -1.14. The molecule has 1 rings (SSSR count). The monoisotopic (exact) mass is 228 g/mol. The third-order valence-electron chi connectivity index (χ3n) is 2.15. The molecule has 0 fully saturated rings. The van der Waals surface area contributed by atoms with E-state index in [1.54, 1.807) is 0 Å². The maximum atomic E-state index is 13.3. The summed E-state index contributed by atoms with van der Waals surface area (Å²) < 4.78 is 22.5. The summed E-state index contributed by atoms with van der Waals surface area (Å²) >= 11 is 0. The topological polar surface area (TPSA) is 55.8 Å². The van der Waals surface area contributed by atoms with E-state index in [2.05, 4.69) is 4.74 Å². The third kappa shape index (κ3) is 2.70. The van der Waals surface area contributed by atoms with Gasteiger partial charge in [-0.25, -0.2) is 4.39 Å². The van der Waals surface area contributed by atoms with E-state index in [1.807, 2.05) is 0 Å². The molecule has 0 saturated carbocycles. The number of hydrogen-bond donors (Lipinski definition) is 1. The fourth-order valence-electron chi connectivity index (χ4n) is 1.35. The number of methoxy groups -OCH3 is 2. The van der Waals surface area contributed by atoms with E-state index >= 15 is 0 Å². The molecule has 0 spiro atoms. The Hall–Kier alpha value is -1.62. The van der Waals surface area contributed by atoms with Gasteiger partial charge in [-0.05, 0) is 6.07 Å². The summed E-state index contributed by atoms with van der Waals surface area (Å²) in [6.07, 6.45) is -1.38. The number of ether oxygens (including phenoxy) is 2. The fraction of sp³-hybridized carbons (Fsp3) is 0.364. The van der Waals surface area contributed by atoms with Gasteiger partial charge in [0.25, 0.3) is 0 Å². The molecular weight excluding hydrogens is 215 g/mol. The smallest absolute Gasteiger partial charge is 0.308 e. The Morgan fingerprint density at radius 2 is 2.19 bits per heavy atom. The molecule has 0 bridgehead atoms. The van der Waals surface area contributed by atoms with Gasteiger partial charge in [-0.2, -0.15) is 0 Å². The normalized spacial score (nSPS) is 12.0. The lowest BCUT2D eigenvalue weighted by Crippen LogP contribution is -2.09. The summed E-state index contributed by atoms with van der Waals surface area (Å²) in [6, 6.07) is 4.15. The molecule has 1 aromatic rings. The molecule has 1 unspecified atom stereocenters. The van der Waals surface area contributed by atoms with Crippen molar-refractivity contribution in [3.8, 4) is 5.75 Å². The number of aliphatic hydroxyl groups excluding tert-OH is 1. The second kappa shape index (κ2) is 5.46. The Balaban J connectivity index is 2.94. The Morgan fingerprint density at radius 1 is 1.50 bits per heavy atom. The van der Waals surface area contributed by atoms with Gasteiger partial charge in [0.05, 0.1) is 26.7 Å². The van der Waals surface area contributed by atoms with Gasteiger partial charge in [0.15, 0.2) is 11.6 Å². The standard InChI is InChI=1S/C11H13FO4/c1-15-10(14)6-9(13)7-4-3-5-8(12)11(7)16-2/h3-5,9,13H,6H2,1-2H3. The van der Waals surface area contributed by atoms with Crippen LogP contribution < -0.4 is 4.74 Å². The van der Waals surface area contributed by atoms with Crippen molar-refractivity contribution in [3.63, 3.8) is 0 Å². The van der Waals surface area contributed by atoms with Gasteiger partial charge in [-0.15, -0.1) is 0 Å². The van der Waals surface area contributed by atoms with Crippen LogP contribution in [0.25, 0.3) is 0 Å². The summed E-state index contributed by atoms with van der Waals surface area (Å²) in [5.41, 5.74) is 0.230. The predicted molar refractivity (Wildman–Crippen MR) is 54.5 cm³/mol. The van der Waals surface area contributed by atoms with E-state index in [-0.39, 0.29) is 17.7 Å². The van der Waals surface area contributed by atoms with Crippen molar-refractivity contribution >= 4 is 5.97 Å². The van der Waals surface area contributed by atoms with Crippen molar-refractivity contribution in [2.75, 3.05) is 14.2 Å². The molecule has 1 aromatic carbocycles. The van der Waals surface area contributed by atoms with Gasteiger partial charge in [-0.3, -0.25) is 4.79 Å². The molecule has 0 heterocycles. The van der Waals surface area contributed by atoms with Crippen LogP contribution in [0.5, 0.6) is 5.75 Å². The molecule has 0 aliphatic rings. The number of hydrogen-bond acceptors (Lipinski definition) is 4. The van der Waals surface area contributed by atoms with Crippen molar-refractivity contribution in [2.24, 2.45) is 0 Å². The Kier molecular flexibility index (Phi) is 4.25. The highest BCUT2D eigenvalue weighted by Gasteiger charge is 2.19. The van der Waals surface area contributed by atoms with Crippen LogP contribution in [0.3, 0.4) is 0 Å². The molecular formula is C11H13FO4. The highest BCUT2D eigenvalue weighted by Crippen LogP contribution is 2.29. The van der Waals surface area contributed by atoms with Gasteiger partial charge >= 0.3 is 5.97 Å². The van der Waals surface area contributed by atoms with E-state index in [0.29, 0.717) is 0 Å². The van der Waals surface area contributed by atoms with E-state index in [4.69, 9.17) is 4.74 Å². The maximum absolute atomic E-state index is 13.3. The number of aliphatic hydroxyl groups is 1. The Labute approximate surface area is 92.6 Å². The zero-order chi connectivity index (χ0) is 12.1. The van der Waals surface area contributed by atoms with Gasteiger partial charge in [0.1, 0.15) is 0 Å². The number of benzene rings is 1. The predicted octanol–water partition coefficient (Wildman–Crippen LogP) is 1.43. The summed E-state index contributed by atoms with van der Waals surface area (Å²) in [7, 11) is 2.52. The van der Waals surface area contributed by atoms with Crippen LogP contribution in [0.2, 0.25) is 0 Å². The first-order valence-electron chi connectivity index (χ1n) is 4.67. The van der Waals surface area contributed by atoms with E-state index in [0.717, 1.165) is 0 Å². The first-order valence-corrected chi connectivity index (χ1v) is 4.67. The zero-order valence-corrected chi connectivity index (χ0v) is 9.07. The molecule has 0 aliphatic heterocycles. The van der Waals surface area contributed by atoms with E-state index in [1.165, 1.54) is 32.4 Å². The van der Waals surface area contributed by atoms with Crippen molar-refractivity contribution in [1.29, 1.82) is 0 Å². The Morgan fingerprint density at radius 3 is 2.75 bits per heavy atom. The molecule has 16 heavy (non-hydrogen) atoms. The SMILES string of the molecule is COC(=O)CC(O)c1cccc(F)c1OC. The minimum Gasteiger partial charge on any atom is -0.493 e. The molecule has 1 N–H and O–H groups in total. The van der Waals surface area contributed by atoms with Crippen LogP contribution in [-0.4, -0.2) is 25.3 Å². The van der Waals surface area contributed by atoms with Crippen molar-refractivity contribution in [3.05, 3.63) is 29.6 Å². The molecule has 5 heteroatoms. The zero-order valence-electron chi connectivity index (χ0n) is 9.07. The second-order valence-electron chi connectivity index (χ2n) is 3.16. The molecule has 0 amide bonds. The lowest BCUT2D eigenvalue weighted by atomic mass is 10.1. The van der Waals surface area contributed by atoms with Crippen LogP contribution in [0.15, 0.2) is 18.2 Å². The average molecular weight is 228 g/mol. The highest BCUT2D eigenvalue weighted by atomic mass is 19.1. The first kappa shape index (κ1) is 12.4. The number of halogens is 1. The fourth-order valence-corrected chi connectivity index (χ4v) is 1.35. The van der Waals surface area contributed by atoms with E-state index in [9.17, 15) is 14.3 Å². The van der Waals surface area contributed by atoms with Crippen LogP contribution in [0.4, 0.5) is 4.39 Å². The van der Waals surface area contributed by atoms with Crippen molar-refractivity contribution in [1.82, 2.24) is 0 Å². The maximum Gasteiger partial charge on any atom is 0.308 e. The quantitative estimate of drug-likeness (QED) is 0.792. The molecule has 4 nitrogen and oxygen atoms in total. The van der Waals surface area contributed by atoms with Gasteiger partial charge in [-0.1, -0.05) is 12.1 Å². The minimum absolute atomic E-state index is 0.0566. The average Bonchev–Trinajstić information content (AvgIpc) is 2.28. The van der Waals surface area contributed by atoms with Crippen molar-refractivity contribution in [2.45, 2.75) is 12.5 Å². The largest absolute Gasteiger partial charge is 0.493 e. The molecule has 0 saturated heterocycles. The number of esters is 1. The highest BCUT2D eigenvalue weighted by molar-refractivity contribution is 5.70. The van der Waals surface area contributed by atoms with Crippen molar-refractivity contribution < 1.29 is 23.8 Å².